The second-order valence-electron chi connectivity index (χ2n) is 2.06. The summed E-state index contributed by atoms with van der Waals surface area (Å²) in [5.41, 5.74) is 0.975. The van der Waals surface area contributed by atoms with Crippen molar-refractivity contribution in [1.29, 1.82) is 0 Å². The van der Waals surface area contributed by atoms with Crippen LogP contribution in [0.3, 0.4) is 0 Å². The molecule has 3 heteroatoms. The second-order valence-corrected chi connectivity index (χ2v) is 3.10. The van der Waals surface area contributed by atoms with Crippen molar-refractivity contribution in [2.45, 2.75) is 11.8 Å². The normalized spacial score (nSPS) is 13.0. The van der Waals surface area contributed by atoms with Crippen LogP contribution < -0.4 is 5.14 Å². The highest BCUT2D eigenvalue weighted by Crippen LogP contribution is 2.08. The molecule has 1 rings (SSSR count). The molecule has 0 aliphatic heterocycles. The van der Waals surface area contributed by atoms with E-state index in [1.807, 2.05) is 25.1 Å². The maximum absolute atomic E-state index is 10.8. The molecular weight excluding hydrogens is 146 g/mol. The molecule has 0 heterocycles. The van der Waals surface area contributed by atoms with Crippen molar-refractivity contribution >= 4 is 11.0 Å². The minimum Gasteiger partial charge on any atom is -0.248 e. The van der Waals surface area contributed by atoms with Crippen molar-refractivity contribution in [1.82, 2.24) is 0 Å². The second kappa shape index (κ2) is 2.94. The quantitative estimate of drug-likeness (QED) is 0.645. The molecule has 0 spiro atoms. The van der Waals surface area contributed by atoms with Gasteiger partial charge in [-0.3, -0.25) is 0 Å². The molecule has 0 aliphatic rings. The Kier molecular flexibility index (Phi) is 2.19. The highest BCUT2D eigenvalue weighted by molar-refractivity contribution is 7.82. The minimum atomic E-state index is -1.34. The molecule has 10 heavy (non-hydrogen) atoms. The van der Waals surface area contributed by atoms with Crippen molar-refractivity contribution in [3.8, 4) is 0 Å². The van der Waals surface area contributed by atoms with Crippen LogP contribution in [0.4, 0.5) is 0 Å². The van der Waals surface area contributed by atoms with E-state index in [1.54, 1.807) is 6.07 Å². The van der Waals surface area contributed by atoms with Crippen molar-refractivity contribution in [2.24, 2.45) is 5.14 Å². The lowest BCUT2D eigenvalue weighted by molar-refractivity contribution is 0.684. The third kappa shape index (κ3) is 1.43. The smallest absolute Gasteiger partial charge is 0.122 e. The zero-order valence-electron chi connectivity index (χ0n) is 5.70. The fourth-order valence-electron chi connectivity index (χ4n) is 0.782. The summed E-state index contributed by atoms with van der Waals surface area (Å²) in [5.74, 6) is 0. The monoisotopic (exact) mass is 155 g/mol. The van der Waals surface area contributed by atoms with E-state index < -0.39 is 11.0 Å². The van der Waals surface area contributed by atoms with Crippen molar-refractivity contribution < 1.29 is 4.21 Å². The molecule has 0 fully saturated rings. The van der Waals surface area contributed by atoms with Crippen LogP contribution in [0.25, 0.3) is 0 Å². The molecule has 1 atom stereocenters. The number of nitrogens with two attached hydrogens (primary N) is 1. The summed E-state index contributed by atoms with van der Waals surface area (Å²) in [6.07, 6.45) is 0. The molecule has 0 bridgehead atoms. The van der Waals surface area contributed by atoms with Gasteiger partial charge >= 0.3 is 0 Å². The summed E-state index contributed by atoms with van der Waals surface area (Å²) >= 11 is 0. The van der Waals surface area contributed by atoms with Gasteiger partial charge in [0.15, 0.2) is 0 Å². The molecule has 0 aliphatic carbocycles. The third-order valence-corrected chi connectivity index (χ3v) is 2.20. The highest BCUT2D eigenvalue weighted by Gasteiger charge is 1.98. The maximum atomic E-state index is 10.8. The van der Waals surface area contributed by atoms with Crippen LogP contribution in [0.15, 0.2) is 29.2 Å². The highest BCUT2D eigenvalue weighted by atomic mass is 32.2. The molecule has 1 unspecified atom stereocenters. The van der Waals surface area contributed by atoms with Gasteiger partial charge in [-0.2, -0.15) is 0 Å². The van der Waals surface area contributed by atoms with E-state index in [-0.39, 0.29) is 0 Å². The molecule has 0 amide bonds. The molecule has 54 valence electrons. The SMILES string of the molecule is Cc1ccccc1S(N)=O. The van der Waals surface area contributed by atoms with E-state index >= 15 is 0 Å². The van der Waals surface area contributed by atoms with Crippen molar-refractivity contribution in [3.63, 3.8) is 0 Å². The first kappa shape index (κ1) is 7.44. The molecule has 0 aromatic heterocycles. The minimum absolute atomic E-state index is 0.711. The van der Waals surface area contributed by atoms with Gasteiger partial charge in [-0.1, -0.05) is 18.2 Å². The summed E-state index contributed by atoms with van der Waals surface area (Å²) in [7, 11) is -1.34. The van der Waals surface area contributed by atoms with Crippen molar-refractivity contribution in [2.75, 3.05) is 0 Å². The van der Waals surface area contributed by atoms with E-state index in [4.69, 9.17) is 5.14 Å². The van der Waals surface area contributed by atoms with Gasteiger partial charge in [0.1, 0.15) is 11.0 Å². The topological polar surface area (TPSA) is 43.1 Å². The molecule has 0 radical (unpaired) electrons. The van der Waals surface area contributed by atoms with Gasteiger partial charge in [0, 0.05) is 0 Å². The molecule has 1 aromatic carbocycles. The summed E-state index contributed by atoms with van der Waals surface area (Å²) in [6, 6.07) is 7.38. The average molecular weight is 155 g/mol. The lowest BCUT2D eigenvalue weighted by Crippen LogP contribution is -2.03. The Morgan fingerprint density at radius 2 is 2.00 bits per heavy atom. The van der Waals surface area contributed by atoms with E-state index in [2.05, 4.69) is 0 Å². The van der Waals surface area contributed by atoms with Crippen LogP contribution in [-0.4, -0.2) is 4.21 Å². The summed E-state index contributed by atoms with van der Waals surface area (Å²) in [5, 5.41) is 5.19. The Bertz CT molecular complexity index is 260. The lowest BCUT2D eigenvalue weighted by Gasteiger charge is -1.98. The van der Waals surface area contributed by atoms with Gasteiger partial charge in [0.25, 0.3) is 0 Å². The van der Waals surface area contributed by atoms with Gasteiger partial charge in [-0.25, -0.2) is 9.35 Å². The van der Waals surface area contributed by atoms with Crippen LogP contribution in [0.1, 0.15) is 5.56 Å². The van der Waals surface area contributed by atoms with E-state index in [9.17, 15) is 4.21 Å². The molecule has 0 saturated carbocycles. The third-order valence-electron chi connectivity index (χ3n) is 1.31. The van der Waals surface area contributed by atoms with Gasteiger partial charge in [0.2, 0.25) is 0 Å². The fourth-order valence-corrected chi connectivity index (χ4v) is 1.38. The predicted molar refractivity (Wildman–Crippen MR) is 41.8 cm³/mol. The van der Waals surface area contributed by atoms with E-state index in [0.717, 1.165) is 5.56 Å². The Hall–Kier alpha value is -0.670. The summed E-state index contributed by atoms with van der Waals surface area (Å²) < 4.78 is 10.8. The average Bonchev–Trinajstić information content (AvgIpc) is 1.88. The first-order chi connectivity index (χ1) is 4.72. The van der Waals surface area contributed by atoms with Crippen LogP contribution in [-0.2, 0) is 11.0 Å². The number of aryl methyl sites for hydroxylation is 1. The lowest BCUT2D eigenvalue weighted by atomic mass is 10.2. The summed E-state index contributed by atoms with van der Waals surface area (Å²) in [6.45, 7) is 1.89. The predicted octanol–water partition coefficient (Wildman–Crippen LogP) is 0.976. The van der Waals surface area contributed by atoms with Crippen LogP contribution >= 0.6 is 0 Å². The van der Waals surface area contributed by atoms with E-state index in [1.165, 1.54) is 0 Å². The fraction of sp³-hybridized carbons (Fsp3) is 0.143. The Balaban J connectivity index is 3.15. The van der Waals surface area contributed by atoms with Gasteiger partial charge in [-0.15, -0.1) is 0 Å². The van der Waals surface area contributed by atoms with Crippen LogP contribution in [0, 0.1) is 6.92 Å². The largest absolute Gasteiger partial charge is 0.248 e. The standard InChI is InChI=1S/C7H9NOS/c1-6-4-2-3-5-7(6)10(8)9/h2-5H,8H2,1H3. The van der Waals surface area contributed by atoms with Crippen LogP contribution in [0.5, 0.6) is 0 Å². The number of rotatable bonds is 1. The molecule has 2 N–H and O–H groups in total. The number of hydrogen-bond donors (Lipinski definition) is 1. The Labute approximate surface area is 62.6 Å². The molecule has 0 saturated heterocycles. The number of hydrogen-bond acceptors (Lipinski definition) is 1. The Morgan fingerprint density at radius 1 is 1.40 bits per heavy atom. The van der Waals surface area contributed by atoms with Crippen molar-refractivity contribution in [3.05, 3.63) is 29.8 Å². The molecule has 2 nitrogen and oxygen atoms in total. The van der Waals surface area contributed by atoms with Gasteiger partial charge in [0.05, 0.1) is 4.90 Å². The molecule has 1 aromatic rings. The summed E-state index contributed by atoms with van der Waals surface area (Å²) in [4.78, 5) is 0.711. The van der Waals surface area contributed by atoms with Gasteiger partial charge < -0.3 is 0 Å². The molecular formula is C7H9NOS. The maximum Gasteiger partial charge on any atom is 0.122 e. The van der Waals surface area contributed by atoms with E-state index in [0.29, 0.717) is 4.90 Å². The van der Waals surface area contributed by atoms with Crippen LogP contribution in [0.2, 0.25) is 0 Å². The Morgan fingerprint density at radius 3 is 2.40 bits per heavy atom. The first-order valence-corrected chi connectivity index (χ1v) is 4.15. The zero-order chi connectivity index (χ0) is 7.56. The van der Waals surface area contributed by atoms with Gasteiger partial charge in [-0.05, 0) is 18.6 Å². The number of benzene rings is 1. The first-order valence-electron chi connectivity index (χ1n) is 2.93. The zero-order valence-corrected chi connectivity index (χ0v) is 6.52.